The number of methoxy groups -OCH3 is 1. The zero-order chi connectivity index (χ0) is 17.4. The number of hydrogen-bond donors (Lipinski definition) is 1. The van der Waals surface area contributed by atoms with Crippen LogP contribution in [-0.2, 0) is 4.79 Å². The summed E-state index contributed by atoms with van der Waals surface area (Å²) in [5.41, 5.74) is 1.04. The Hall–Kier alpha value is -2.76. The molecular weight excluding hydrogens is 313 g/mol. The van der Waals surface area contributed by atoms with E-state index in [1.807, 2.05) is 19.1 Å². The second-order valence-electron chi connectivity index (χ2n) is 5.07. The highest BCUT2D eigenvalue weighted by Gasteiger charge is 2.08. The molecule has 24 heavy (non-hydrogen) atoms. The van der Waals surface area contributed by atoms with E-state index >= 15 is 0 Å². The van der Waals surface area contributed by atoms with E-state index in [1.165, 1.54) is 12.1 Å². The Labute approximate surface area is 140 Å². The van der Waals surface area contributed by atoms with Gasteiger partial charge in [-0.15, -0.1) is 0 Å². The van der Waals surface area contributed by atoms with Crippen molar-refractivity contribution >= 4 is 5.91 Å². The minimum absolute atomic E-state index is 0.140. The van der Waals surface area contributed by atoms with E-state index in [2.05, 4.69) is 5.32 Å². The van der Waals surface area contributed by atoms with E-state index in [4.69, 9.17) is 14.2 Å². The van der Waals surface area contributed by atoms with Gasteiger partial charge in [-0.05, 0) is 36.8 Å². The molecule has 0 saturated heterocycles. The molecule has 0 heterocycles. The molecule has 2 aromatic carbocycles. The van der Waals surface area contributed by atoms with E-state index < -0.39 is 5.82 Å². The molecule has 0 radical (unpaired) electrons. The summed E-state index contributed by atoms with van der Waals surface area (Å²) in [7, 11) is 1.54. The Bertz CT molecular complexity index is 690. The van der Waals surface area contributed by atoms with Gasteiger partial charge in [-0.25, -0.2) is 4.39 Å². The van der Waals surface area contributed by atoms with Crippen LogP contribution in [0.5, 0.6) is 17.2 Å². The molecule has 2 aromatic rings. The molecular formula is C18H20FNO4. The lowest BCUT2D eigenvalue weighted by molar-refractivity contribution is -0.123. The third kappa shape index (κ3) is 5.15. The third-order valence-electron chi connectivity index (χ3n) is 3.20. The van der Waals surface area contributed by atoms with Gasteiger partial charge in [0.1, 0.15) is 6.61 Å². The summed E-state index contributed by atoms with van der Waals surface area (Å²) in [4.78, 5) is 11.8. The first-order valence-corrected chi connectivity index (χ1v) is 7.51. The van der Waals surface area contributed by atoms with Crippen LogP contribution in [0.4, 0.5) is 4.39 Å². The van der Waals surface area contributed by atoms with Gasteiger partial charge < -0.3 is 19.5 Å². The molecule has 0 aliphatic rings. The maximum absolute atomic E-state index is 13.3. The van der Waals surface area contributed by atoms with Gasteiger partial charge in [0.2, 0.25) is 0 Å². The van der Waals surface area contributed by atoms with Crippen molar-refractivity contribution in [1.82, 2.24) is 5.32 Å². The van der Waals surface area contributed by atoms with Crippen LogP contribution < -0.4 is 19.5 Å². The molecule has 0 unspecified atom stereocenters. The summed E-state index contributed by atoms with van der Waals surface area (Å²) in [5.74, 6) is 0.507. The van der Waals surface area contributed by atoms with E-state index in [0.29, 0.717) is 11.5 Å². The molecule has 5 nitrogen and oxygen atoms in total. The van der Waals surface area contributed by atoms with Crippen molar-refractivity contribution in [1.29, 1.82) is 0 Å². The van der Waals surface area contributed by atoms with E-state index in [0.717, 1.165) is 5.56 Å². The molecule has 128 valence electrons. The van der Waals surface area contributed by atoms with E-state index in [9.17, 15) is 9.18 Å². The summed E-state index contributed by atoms with van der Waals surface area (Å²) in [6, 6.07) is 11.6. The third-order valence-corrected chi connectivity index (χ3v) is 3.20. The van der Waals surface area contributed by atoms with Crippen molar-refractivity contribution in [2.75, 3.05) is 26.9 Å². The first kappa shape index (κ1) is 17.6. The Morgan fingerprint density at radius 1 is 1.08 bits per heavy atom. The highest BCUT2D eigenvalue weighted by atomic mass is 19.1. The lowest BCUT2D eigenvalue weighted by Crippen LogP contribution is -2.32. The Morgan fingerprint density at radius 2 is 1.88 bits per heavy atom. The number of halogens is 1. The fraction of sp³-hybridized carbons (Fsp3) is 0.278. The average Bonchev–Trinajstić information content (AvgIpc) is 2.59. The number of nitrogens with one attached hydrogen (secondary N) is 1. The van der Waals surface area contributed by atoms with Crippen molar-refractivity contribution in [2.45, 2.75) is 6.92 Å². The van der Waals surface area contributed by atoms with Crippen LogP contribution in [0.2, 0.25) is 0 Å². The Balaban J connectivity index is 1.71. The molecule has 0 spiro atoms. The Kier molecular flexibility index (Phi) is 6.42. The zero-order valence-corrected chi connectivity index (χ0v) is 13.7. The molecule has 1 amide bonds. The lowest BCUT2D eigenvalue weighted by atomic mass is 10.2. The van der Waals surface area contributed by atoms with Gasteiger partial charge in [0.05, 0.1) is 13.7 Å². The van der Waals surface area contributed by atoms with Crippen molar-refractivity contribution < 1.29 is 23.4 Å². The number of amides is 1. The molecule has 0 fully saturated rings. The van der Waals surface area contributed by atoms with Crippen LogP contribution in [-0.4, -0.2) is 32.8 Å². The van der Waals surface area contributed by atoms with Crippen LogP contribution in [0.1, 0.15) is 5.56 Å². The maximum atomic E-state index is 13.3. The summed E-state index contributed by atoms with van der Waals surface area (Å²) in [6.07, 6.45) is 0. The van der Waals surface area contributed by atoms with E-state index in [-0.39, 0.29) is 31.4 Å². The van der Waals surface area contributed by atoms with Gasteiger partial charge in [0.25, 0.3) is 5.91 Å². The van der Waals surface area contributed by atoms with Gasteiger partial charge >= 0.3 is 0 Å². The van der Waals surface area contributed by atoms with Crippen LogP contribution in [0.25, 0.3) is 0 Å². The van der Waals surface area contributed by atoms with Gasteiger partial charge in [-0.1, -0.05) is 18.2 Å². The number of para-hydroxylation sites is 1. The van der Waals surface area contributed by atoms with Crippen molar-refractivity contribution in [2.24, 2.45) is 0 Å². The smallest absolute Gasteiger partial charge is 0.258 e. The van der Waals surface area contributed by atoms with Crippen LogP contribution in [0, 0.1) is 12.7 Å². The molecule has 6 heteroatoms. The summed E-state index contributed by atoms with van der Waals surface area (Å²) in [6.45, 7) is 2.22. The molecule has 0 bridgehead atoms. The van der Waals surface area contributed by atoms with E-state index in [1.54, 1.807) is 25.3 Å². The quantitative estimate of drug-likeness (QED) is 0.755. The number of rotatable bonds is 8. The molecule has 0 atom stereocenters. The number of benzene rings is 2. The largest absolute Gasteiger partial charge is 0.493 e. The molecule has 0 aromatic heterocycles. The Morgan fingerprint density at radius 3 is 2.62 bits per heavy atom. The highest BCUT2D eigenvalue weighted by molar-refractivity contribution is 5.77. The van der Waals surface area contributed by atoms with Crippen LogP contribution in [0.15, 0.2) is 42.5 Å². The zero-order valence-electron chi connectivity index (χ0n) is 13.7. The topological polar surface area (TPSA) is 56.8 Å². The summed E-state index contributed by atoms with van der Waals surface area (Å²) < 4.78 is 29.2. The normalized spacial score (nSPS) is 10.1. The first-order chi connectivity index (χ1) is 11.6. The predicted octanol–water partition coefficient (Wildman–Crippen LogP) is 2.72. The first-order valence-electron chi connectivity index (χ1n) is 7.51. The summed E-state index contributed by atoms with van der Waals surface area (Å²) in [5, 5.41) is 2.64. The second-order valence-corrected chi connectivity index (χ2v) is 5.07. The van der Waals surface area contributed by atoms with Gasteiger partial charge in [-0.3, -0.25) is 4.79 Å². The van der Waals surface area contributed by atoms with Crippen molar-refractivity contribution in [3.05, 3.63) is 53.8 Å². The second kappa shape index (κ2) is 8.76. The summed E-state index contributed by atoms with van der Waals surface area (Å²) >= 11 is 0. The predicted molar refractivity (Wildman–Crippen MR) is 88.1 cm³/mol. The van der Waals surface area contributed by atoms with Crippen molar-refractivity contribution in [3.63, 3.8) is 0 Å². The van der Waals surface area contributed by atoms with Crippen LogP contribution in [0.3, 0.4) is 0 Å². The van der Waals surface area contributed by atoms with Gasteiger partial charge in [0, 0.05) is 0 Å². The lowest BCUT2D eigenvalue weighted by Gasteiger charge is -2.12. The molecule has 2 rings (SSSR count). The van der Waals surface area contributed by atoms with Crippen LogP contribution >= 0.6 is 0 Å². The fourth-order valence-electron chi connectivity index (χ4n) is 2.00. The SMILES string of the molecule is COc1cc(C)ccc1OCC(=O)NCCOc1ccccc1F. The monoisotopic (exact) mass is 333 g/mol. The minimum atomic E-state index is -0.432. The number of aryl methyl sites for hydroxylation is 1. The minimum Gasteiger partial charge on any atom is -0.493 e. The molecule has 0 aliphatic carbocycles. The average molecular weight is 333 g/mol. The number of ether oxygens (including phenoxy) is 3. The highest BCUT2D eigenvalue weighted by Crippen LogP contribution is 2.27. The van der Waals surface area contributed by atoms with Gasteiger partial charge in [-0.2, -0.15) is 0 Å². The maximum Gasteiger partial charge on any atom is 0.258 e. The molecule has 0 aliphatic heterocycles. The number of carbonyl (C=O) groups excluding carboxylic acids is 1. The van der Waals surface area contributed by atoms with Crippen molar-refractivity contribution in [3.8, 4) is 17.2 Å². The van der Waals surface area contributed by atoms with Gasteiger partial charge in [0.15, 0.2) is 29.7 Å². The number of hydrogen-bond acceptors (Lipinski definition) is 4. The molecule has 1 N–H and O–H groups in total. The standard InChI is InChI=1S/C18H20FNO4/c1-13-7-8-16(17(11-13)22-2)24-12-18(21)20-9-10-23-15-6-4-3-5-14(15)19/h3-8,11H,9-10,12H2,1-2H3,(H,20,21). The fourth-order valence-corrected chi connectivity index (χ4v) is 2.00. The molecule has 0 saturated carbocycles. The number of carbonyl (C=O) groups is 1.